The molecule has 1 aliphatic heterocycles. The van der Waals surface area contributed by atoms with Crippen LogP contribution in [0.15, 0.2) is 29.6 Å². The molecule has 0 saturated carbocycles. The van der Waals surface area contributed by atoms with Crippen LogP contribution in [0.2, 0.25) is 0 Å². The highest BCUT2D eigenvalue weighted by Gasteiger charge is 2.25. The molecule has 0 spiro atoms. The van der Waals surface area contributed by atoms with Gasteiger partial charge in [0.05, 0.1) is 17.3 Å². The molecule has 1 aromatic heterocycles. The van der Waals surface area contributed by atoms with Crippen LogP contribution in [0.3, 0.4) is 0 Å². The Bertz CT molecular complexity index is 783. The van der Waals surface area contributed by atoms with Gasteiger partial charge in [0.1, 0.15) is 12.4 Å². The van der Waals surface area contributed by atoms with Crippen LogP contribution in [0.25, 0.3) is 0 Å². The van der Waals surface area contributed by atoms with Gasteiger partial charge in [0.25, 0.3) is 5.91 Å². The number of amides is 2. The van der Waals surface area contributed by atoms with E-state index in [9.17, 15) is 9.59 Å². The number of aryl methyl sites for hydroxylation is 1. The summed E-state index contributed by atoms with van der Waals surface area (Å²) in [6.07, 6.45) is -0.318. The number of nitrogens with zero attached hydrogens (tertiary/aromatic N) is 3. The van der Waals surface area contributed by atoms with Crippen LogP contribution in [0, 0.1) is 6.92 Å². The van der Waals surface area contributed by atoms with E-state index in [0.717, 1.165) is 10.7 Å². The summed E-state index contributed by atoms with van der Waals surface area (Å²) in [4.78, 5) is 32.1. The van der Waals surface area contributed by atoms with E-state index >= 15 is 0 Å². The number of benzene rings is 1. The minimum absolute atomic E-state index is 0.0415. The van der Waals surface area contributed by atoms with Crippen molar-refractivity contribution >= 4 is 23.3 Å². The van der Waals surface area contributed by atoms with Crippen molar-refractivity contribution in [3.8, 4) is 5.75 Å². The lowest BCUT2D eigenvalue weighted by Gasteiger charge is -2.34. The highest BCUT2D eigenvalue weighted by Crippen LogP contribution is 2.17. The lowest BCUT2D eigenvalue weighted by atomic mass is 10.1. The van der Waals surface area contributed by atoms with E-state index in [4.69, 9.17) is 9.47 Å². The zero-order valence-corrected chi connectivity index (χ0v) is 16.3. The van der Waals surface area contributed by atoms with Crippen molar-refractivity contribution < 1.29 is 19.1 Å². The van der Waals surface area contributed by atoms with Gasteiger partial charge in [-0.25, -0.2) is 9.78 Å². The summed E-state index contributed by atoms with van der Waals surface area (Å²) in [6, 6.07) is 7.12. The fourth-order valence-corrected chi connectivity index (χ4v) is 3.41. The first kappa shape index (κ1) is 19.2. The number of carbonyl (C=O) groups is 2. The topological polar surface area (TPSA) is 72.0 Å². The molecule has 27 heavy (non-hydrogen) atoms. The van der Waals surface area contributed by atoms with Gasteiger partial charge in [-0.15, -0.1) is 11.3 Å². The summed E-state index contributed by atoms with van der Waals surface area (Å²) in [5.41, 5.74) is 1.51. The van der Waals surface area contributed by atoms with Crippen LogP contribution in [0.1, 0.15) is 28.0 Å². The number of carbonyl (C=O) groups excluding carboxylic acids is 2. The number of ether oxygens (including phenoxy) is 2. The molecule has 8 heteroatoms. The molecule has 144 valence electrons. The van der Waals surface area contributed by atoms with E-state index in [1.54, 1.807) is 52.3 Å². The Hall–Kier alpha value is -2.61. The summed E-state index contributed by atoms with van der Waals surface area (Å²) in [6.45, 7) is 6.47. The Balaban J connectivity index is 1.51. The van der Waals surface area contributed by atoms with E-state index in [0.29, 0.717) is 50.7 Å². The van der Waals surface area contributed by atoms with Gasteiger partial charge in [-0.2, -0.15) is 0 Å². The summed E-state index contributed by atoms with van der Waals surface area (Å²) < 4.78 is 10.7. The van der Waals surface area contributed by atoms with Gasteiger partial charge in [0.2, 0.25) is 0 Å². The minimum Gasteiger partial charge on any atom is -0.487 e. The number of hydrogen-bond donors (Lipinski definition) is 0. The van der Waals surface area contributed by atoms with Crippen molar-refractivity contribution in [2.45, 2.75) is 20.5 Å². The maximum Gasteiger partial charge on any atom is 0.409 e. The molecule has 0 bridgehead atoms. The molecule has 0 radical (unpaired) electrons. The standard InChI is InChI=1S/C19H23N3O4S/c1-3-25-19(24)22-10-8-21(9-11-22)18(23)15-4-6-17(7-5-15)26-12-16-13-27-14(2)20-16/h4-7,13H,3,8-12H2,1-2H3. The molecule has 0 atom stereocenters. The first-order valence-corrected chi connectivity index (χ1v) is 9.79. The van der Waals surface area contributed by atoms with Gasteiger partial charge >= 0.3 is 6.09 Å². The minimum atomic E-state index is -0.318. The van der Waals surface area contributed by atoms with Crippen molar-refractivity contribution in [3.05, 3.63) is 45.9 Å². The van der Waals surface area contributed by atoms with E-state index in [2.05, 4.69) is 4.98 Å². The molecule has 1 saturated heterocycles. The number of piperazine rings is 1. The van der Waals surface area contributed by atoms with Crippen molar-refractivity contribution in [1.82, 2.24) is 14.8 Å². The Morgan fingerprint density at radius 1 is 1.11 bits per heavy atom. The fraction of sp³-hybridized carbons (Fsp3) is 0.421. The van der Waals surface area contributed by atoms with Gasteiger partial charge in [-0.1, -0.05) is 0 Å². The number of thiazole rings is 1. The SMILES string of the molecule is CCOC(=O)N1CCN(C(=O)c2ccc(OCc3csc(C)n3)cc2)CC1. The van der Waals surface area contributed by atoms with Crippen LogP contribution in [0.4, 0.5) is 4.79 Å². The lowest BCUT2D eigenvalue weighted by Crippen LogP contribution is -2.50. The maximum atomic E-state index is 12.6. The molecule has 0 unspecified atom stereocenters. The molecule has 7 nitrogen and oxygen atoms in total. The normalized spacial score (nSPS) is 14.1. The molecular weight excluding hydrogens is 366 g/mol. The smallest absolute Gasteiger partial charge is 0.409 e. The Morgan fingerprint density at radius 2 is 1.78 bits per heavy atom. The zero-order chi connectivity index (χ0) is 19.2. The van der Waals surface area contributed by atoms with Gasteiger partial charge < -0.3 is 19.3 Å². The summed E-state index contributed by atoms with van der Waals surface area (Å²) in [5, 5.41) is 2.99. The predicted molar refractivity (Wildman–Crippen MR) is 102 cm³/mol. The first-order chi connectivity index (χ1) is 13.1. The van der Waals surface area contributed by atoms with Crippen LogP contribution in [-0.2, 0) is 11.3 Å². The van der Waals surface area contributed by atoms with Gasteiger partial charge in [-0.05, 0) is 38.1 Å². The summed E-state index contributed by atoms with van der Waals surface area (Å²) >= 11 is 1.59. The highest BCUT2D eigenvalue weighted by molar-refractivity contribution is 7.09. The number of aromatic nitrogens is 1. The Morgan fingerprint density at radius 3 is 2.37 bits per heavy atom. The number of rotatable bonds is 5. The monoisotopic (exact) mass is 389 g/mol. The molecule has 2 amide bonds. The van der Waals surface area contributed by atoms with Crippen molar-refractivity contribution in [1.29, 1.82) is 0 Å². The fourth-order valence-electron chi connectivity index (χ4n) is 2.81. The Labute approximate surface area is 162 Å². The third-order valence-electron chi connectivity index (χ3n) is 4.25. The van der Waals surface area contributed by atoms with Crippen LogP contribution >= 0.6 is 11.3 Å². The third kappa shape index (κ3) is 4.97. The molecule has 2 aromatic rings. The summed E-state index contributed by atoms with van der Waals surface area (Å²) in [7, 11) is 0. The average molecular weight is 389 g/mol. The third-order valence-corrected chi connectivity index (χ3v) is 5.07. The second-order valence-electron chi connectivity index (χ2n) is 6.15. The van der Waals surface area contributed by atoms with E-state index < -0.39 is 0 Å². The molecule has 0 N–H and O–H groups in total. The second kappa shape index (κ2) is 8.85. The molecule has 0 aliphatic carbocycles. The quantitative estimate of drug-likeness (QED) is 0.786. The molecular formula is C19H23N3O4S. The lowest BCUT2D eigenvalue weighted by molar-refractivity contribution is 0.0570. The number of hydrogen-bond acceptors (Lipinski definition) is 6. The molecule has 2 heterocycles. The van der Waals surface area contributed by atoms with E-state index in [1.807, 2.05) is 12.3 Å². The average Bonchev–Trinajstić information content (AvgIpc) is 3.12. The summed E-state index contributed by atoms with van der Waals surface area (Å²) in [5.74, 6) is 0.657. The molecule has 1 aromatic carbocycles. The van der Waals surface area contributed by atoms with Gasteiger partial charge in [-0.3, -0.25) is 4.79 Å². The van der Waals surface area contributed by atoms with Crippen LogP contribution in [-0.4, -0.2) is 59.6 Å². The van der Waals surface area contributed by atoms with Crippen LogP contribution in [0.5, 0.6) is 5.75 Å². The molecule has 3 rings (SSSR count). The Kier molecular flexibility index (Phi) is 6.28. The second-order valence-corrected chi connectivity index (χ2v) is 7.21. The van der Waals surface area contributed by atoms with Gasteiger partial charge in [0.15, 0.2) is 0 Å². The van der Waals surface area contributed by atoms with Crippen molar-refractivity contribution in [2.75, 3.05) is 32.8 Å². The van der Waals surface area contributed by atoms with Gasteiger partial charge in [0, 0.05) is 37.1 Å². The molecule has 1 aliphatic rings. The van der Waals surface area contributed by atoms with Crippen molar-refractivity contribution in [3.63, 3.8) is 0 Å². The van der Waals surface area contributed by atoms with Crippen LogP contribution < -0.4 is 4.74 Å². The zero-order valence-electron chi connectivity index (χ0n) is 15.5. The van der Waals surface area contributed by atoms with E-state index in [1.165, 1.54) is 0 Å². The highest BCUT2D eigenvalue weighted by atomic mass is 32.1. The van der Waals surface area contributed by atoms with E-state index in [-0.39, 0.29) is 12.0 Å². The molecule has 1 fully saturated rings. The first-order valence-electron chi connectivity index (χ1n) is 8.91. The largest absolute Gasteiger partial charge is 0.487 e. The van der Waals surface area contributed by atoms with Crippen molar-refractivity contribution in [2.24, 2.45) is 0 Å². The predicted octanol–water partition coefficient (Wildman–Crippen LogP) is 2.94. The maximum absolute atomic E-state index is 12.6.